The fraction of sp³-hybridized carbons (Fsp3) is 0.882. The van der Waals surface area contributed by atoms with Crippen molar-refractivity contribution in [2.24, 2.45) is 23.2 Å². The van der Waals surface area contributed by atoms with Crippen LogP contribution in [0.1, 0.15) is 59.3 Å². The van der Waals surface area contributed by atoms with E-state index in [0.717, 1.165) is 24.3 Å². The van der Waals surface area contributed by atoms with Crippen LogP contribution in [-0.4, -0.2) is 22.9 Å². The molecular formula is C17H26N2O. The van der Waals surface area contributed by atoms with E-state index < -0.39 is 5.41 Å². The average molecular weight is 274 g/mol. The lowest BCUT2D eigenvalue weighted by atomic mass is 9.52. The summed E-state index contributed by atoms with van der Waals surface area (Å²) >= 11 is 0. The molecule has 4 bridgehead atoms. The highest BCUT2D eigenvalue weighted by atomic mass is 16.2. The van der Waals surface area contributed by atoms with Crippen LogP contribution in [0.2, 0.25) is 0 Å². The lowest BCUT2D eigenvalue weighted by Gasteiger charge is -2.60. The van der Waals surface area contributed by atoms with Gasteiger partial charge < -0.3 is 4.90 Å². The monoisotopic (exact) mass is 274 g/mol. The molecule has 0 aromatic heterocycles. The third-order valence-corrected chi connectivity index (χ3v) is 5.95. The second kappa shape index (κ2) is 4.48. The number of rotatable bonds is 3. The van der Waals surface area contributed by atoms with Gasteiger partial charge in [-0.2, -0.15) is 5.26 Å². The summed E-state index contributed by atoms with van der Waals surface area (Å²) in [7, 11) is 0. The van der Waals surface area contributed by atoms with Crippen LogP contribution >= 0.6 is 0 Å². The third kappa shape index (κ3) is 1.96. The molecule has 4 fully saturated rings. The summed E-state index contributed by atoms with van der Waals surface area (Å²) < 4.78 is 0. The predicted octanol–water partition coefficient (Wildman–Crippen LogP) is 3.35. The Hall–Kier alpha value is -1.04. The van der Waals surface area contributed by atoms with E-state index in [1.807, 2.05) is 0 Å². The zero-order valence-electron chi connectivity index (χ0n) is 13.0. The fourth-order valence-corrected chi connectivity index (χ4v) is 5.48. The number of amides is 1. The maximum atomic E-state index is 12.8. The summed E-state index contributed by atoms with van der Waals surface area (Å²) in [6.07, 6.45) is 7.69. The topological polar surface area (TPSA) is 44.1 Å². The van der Waals surface area contributed by atoms with Gasteiger partial charge in [0.1, 0.15) is 5.41 Å². The summed E-state index contributed by atoms with van der Waals surface area (Å²) in [6, 6.07) is 2.20. The lowest BCUT2D eigenvalue weighted by molar-refractivity contribution is -0.156. The first-order chi connectivity index (χ1) is 9.40. The van der Waals surface area contributed by atoms with Gasteiger partial charge in [-0.05, 0) is 77.0 Å². The molecule has 0 unspecified atom stereocenters. The smallest absolute Gasteiger partial charge is 0.242 e. The van der Waals surface area contributed by atoms with Gasteiger partial charge in [-0.1, -0.05) is 0 Å². The summed E-state index contributed by atoms with van der Waals surface area (Å²) in [5, 5.41) is 9.29. The number of carbonyl (C=O) groups is 1. The van der Waals surface area contributed by atoms with Crippen LogP contribution in [0, 0.1) is 34.5 Å². The zero-order valence-corrected chi connectivity index (χ0v) is 13.0. The summed E-state index contributed by atoms with van der Waals surface area (Å²) in [5.41, 5.74) is -0.811. The molecule has 0 radical (unpaired) electrons. The normalized spacial score (nSPS) is 38.6. The molecule has 1 amide bonds. The van der Waals surface area contributed by atoms with Crippen LogP contribution < -0.4 is 0 Å². The van der Waals surface area contributed by atoms with Crippen LogP contribution in [0.15, 0.2) is 0 Å². The van der Waals surface area contributed by atoms with Crippen molar-refractivity contribution in [3.63, 3.8) is 0 Å². The Morgan fingerprint density at radius 2 is 1.65 bits per heavy atom. The van der Waals surface area contributed by atoms with E-state index in [2.05, 4.69) is 17.9 Å². The standard InChI is InChI=1S/C17H26N2O/c1-4-19(15(20)16(2,3)11-18)17-8-12-5-13(9-17)7-14(6-12)10-17/h12-14H,4-10H2,1-3H3. The lowest BCUT2D eigenvalue weighted by Crippen LogP contribution is -2.63. The predicted molar refractivity (Wildman–Crippen MR) is 77.7 cm³/mol. The molecule has 0 N–H and O–H groups in total. The van der Waals surface area contributed by atoms with Gasteiger partial charge >= 0.3 is 0 Å². The Morgan fingerprint density at radius 1 is 1.20 bits per heavy atom. The fourth-order valence-electron chi connectivity index (χ4n) is 5.48. The maximum absolute atomic E-state index is 12.8. The van der Waals surface area contributed by atoms with Crippen LogP contribution in [0.25, 0.3) is 0 Å². The van der Waals surface area contributed by atoms with Crippen LogP contribution in [0.5, 0.6) is 0 Å². The van der Waals surface area contributed by atoms with E-state index >= 15 is 0 Å². The molecule has 110 valence electrons. The minimum absolute atomic E-state index is 0.0458. The van der Waals surface area contributed by atoms with Gasteiger partial charge in [-0.15, -0.1) is 0 Å². The molecule has 4 rings (SSSR count). The zero-order chi connectivity index (χ0) is 14.5. The van der Waals surface area contributed by atoms with E-state index in [9.17, 15) is 10.1 Å². The van der Waals surface area contributed by atoms with Gasteiger partial charge in [-0.3, -0.25) is 4.79 Å². The van der Waals surface area contributed by atoms with Gasteiger partial charge in [0.15, 0.2) is 0 Å². The quantitative estimate of drug-likeness (QED) is 0.792. The van der Waals surface area contributed by atoms with E-state index in [0.29, 0.717) is 0 Å². The number of nitrogens with zero attached hydrogens (tertiary/aromatic N) is 2. The molecular weight excluding hydrogens is 248 g/mol. The maximum Gasteiger partial charge on any atom is 0.242 e. The Bertz CT molecular complexity index is 425. The van der Waals surface area contributed by atoms with Crippen molar-refractivity contribution in [3.8, 4) is 6.07 Å². The largest absolute Gasteiger partial charge is 0.336 e. The number of carbonyl (C=O) groups excluding carboxylic acids is 1. The van der Waals surface area contributed by atoms with Crippen molar-refractivity contribution in [2.75, 3.05) is 6.54 Å². The highest BCUT2D eigenvalue weighted by molar-refractivity contribution is 5.85. The van der Waals surface area contributed by atoms with Crippen molar-refractivity contribution < 1.29 is 4.79 Å². The van der Waals surface area contributed by atoms with Crippen molar-refractivity contribution >= 4 is 5.91 Å². The Kier molecular flexibility index (Phi) is 3.12. The summed E-state index contributed by atoms with van der Waals surface area (Å²) in [6.45, 7) is 6.34. The molecule has 0 spiro atoms. The first kappa shape index (κ1) is 13.9. The van der Waals surface area contributed by atoms with Gasteiger partial charge in [0.25, 0.3) is 0 Å². The molecule has 4 saturated carbocycles. The van der Waals surface area contributed by atoms with Crippen LogP contribution in [0.3, 0.4) is 0 Å². The van der Waals surface area contributed by atoms with Crippen molar-refractivity contribution in [3.05, 3.63) is 0 Å². The van der Waals surface area contributed by atoms with Gasteiger partial charge in [-0.25, -0.2) is 0 Å². The van der Waals surface area contributed by atoms with Gasteiger partial charge in [0, 0.05) is 12.1 Å². The number of hydrogen-bond donors (Lipinski definition) is 0. The highest BCUT2D eigenvalue weighted by Gasteiger charge is 2.55. The molecule has 0 aromatic carbocycles. The molecule has 20 heavy (non-hydrogen) atoms. The van der Waals surface area contributed by atoms with Crippen molar-refractivity contribution in [2.45, 2.75) is 64.8 Å². The molecule has 0 aromatic rings. The molecule has 0 heterocycles. The first-order valence-corrected chi connectivity index (χ1v) is 8.13. The van der Waals surface area contributed by atoms with Crippen molar-refractivity contribution in [1.82, 2.24) is 4.90 Å². The Morgan fingerprint density at radius 3 is 2.00 bits per heavy atom. The SMILES string of the molecule is CCN(C(=O)C(C)(C)C#N)C12CC3CC(CC(C3)C1)C2. The van der Waals surface area contributed by atoms with Gasteiger partial charge in [0.05, 0.1) is 6.07 Å². The van der Waals surface area contributed by atoms with E-state index in [-0.39, 0.29) is 11.4 Å². The molecule has 4 aliphatic rings. The minimum atomic E-state index is -0.890. The number of hydrogen-bond acceptors (Lipinski definition) is 2. The second-order valence-electron chi connectivity index (χ2n) is 7.93. The van der Waals surface area contributed by atoms with Crippen LogP contribution in [0.4, 0.5) is 0 Å². The second-order valence-corrected chi connectivity index (χ2v) is 7.93. The molecule has 0 atom stereocenters. The molecule has 3 heteroatoms. The van der Waals surface area contributed by atoms with Gasteiger partial charge in [0.2, 0.25) is 5.91 Å². The third-order valence-electron chi connectivity index (χ3n) is 5.95. The van der Waals surface area contributed by atoms with E-state index in [4.69, 9.17) is 0 Å². The molecule has 0 aliphatic heterocycles. The minimum Gasteiger partial charge on any atom is -0.336 e. The van der Waals surface area contributed by atoms with Crippen LogP contribution in [-0.2, 0) is 4.79 Å². The highest BCUT2D eigenvalue weighted by Crippen LogP contribution is 2.58. The molecule has 0 saturated heterocycles. The Labute approximate surface area is 122 Å². The summed E-state index contributed by atoms with van der Waals surface area (Å²) in [4.78, 5) is 14.9. The van der Waals surface area contributed by atoms with E-state index in [1.54, 1.807) is 13.8 Å². The number of nitriles is 1. The average Bonchev–Trinajstić information content (AvgIpc) is 2.37. The molecule has 3 nitrogen and oxygen atoms in total. The van der Waals surface area contributed by atoms with Crippen molar-refractivity contribution in [1.29, 1.82) is 5.26 Å². The Balaban J connectivity index is 1.90. The first-order valence-electron chi connectivity index (χ1n) is 8.13. The molecule has 4 aliphatic carbocycles. The summed E-state index contributed by atoms with van der Waals surface area (Å²) in [5.74, 6) is 2.53. The van der Waals surface area contributed by atoms with E-state index in [1.165, 1.54) is 38.5 Å².